The fourth-order valence-corrected chi connectivity index (χ4v) is 2.09. The van der Waals surface area contributed by atoms with E-state index in [1.165, 1.54) is 17.8 Å². The van der Waals surface area contributed by atoms with Crippen LogP contribution < -0.4 is 11.1 Å². The molecule has 1 aromatic rings. The van der Waals surface area contributed by atoms with Gasteiger partial charge in [-0.15, -0.1) is 24.2 Å². The Labute approximate surface area is 128 Å². The number of hydrogen-bond acceptors (Lipinski definition) is 5. The number of nitrogens with one attached hydrogen (secondary N) is 1. The number of nitro benzene ring substituents is 1. The van der Waals surface area contributed by atoms with Gasteiger partial charge in [0.1, 0.15) is 0 Å². The van der Waals surface area contributed by atoms with E-state index in [1.807, 2.05) is 0 Å². The van der Waals surface area contributed by atoms with Crippen LogP contribution in [0.4, 0.5) is 5.69 Å². The van der Waals surface area contributed by atoms with E-state index in [-0.39, 0.29) is 24.0 Å². The lowest BCUT2D eigenvalue weighted by Gasteiger charge is -2.06. The molecule has 0 fully saturated rings. The molecule has 0 aliphatic carbocycles. The molecule has 0 bridgehead atoms. The van der Waals surface area contributed by atoms with Crippen LogP contribution in [-0.4, -0.2) is 30.2 Å². The predicted octanol–water partition coefficient (Wildman–Crippen LogP) is 2.21. The average Bonchev–Trinajstić information content (AvgIpc) is 2.42. The summed E-state index contributed by atoms with van der Waals surface area (Å²) in [7, 11) is 0. The minimum absolute atomic E-state index is 0. The SMILES string of the molecule is CSc1ccc(C(=O)NCCCCN)cc1[N+](=O)[O-].Cl. The summed E-state index contributed by atoms with van der Waals surface area (Å²) < 4.78 is 0. The Bertz CT molecular complexity index is 471. The quantitative estimate of drug-likeness (QED) is 0.347. The van der Waals surface area contributed by atoms with E-state index in [1.54, 1.807) is 18.4 Å². The number of nitrogens with two attached hydrogens (primary N) is 1. The van der Waals surface area contributed by atoms with Gasteiger partial charge < -0.3 is 11.1 Å². The summed E-state index contributed by atoms with van der Waals surface area (Å²) in [6.45, 7) is 1.11. The zero-order valence-electron chi connectivity index (χ0n) is 11.1. The van der Waals surface area contributed by atoms with Crippen molar-refractivity contribution in [3.8, 4) is 0 Å². The van der Waals surface area contributed by atoms with Gasteiger partial charge in [0, 0.05) is 18.2 Å². The third-order valence-corrected chi connectivity index (χ3v) is 3.34. The van der Waals surface area contributed by atoms with Gasteiger partial charge in [-0.05, 0) is 37.8 Å². The van der Waals surface area contributed by atoms with Gasteiger partial charge in [0.05, 0.1) is 9.82 Å². The summed E-state index contributed by atoms with van der Waals surface area (Å²) in [5.41, 5.74) is 5.61. The third kappa shape index (κ3) is 5.36. The molecule has 0 atom stereocenters. The highest BCUT2D eigenvalue weighted by atomic mass is 35.5. The predicted molar refractivity (Wildman–Crippen MR) is 82.7 cm³/mol. The highest BCUT2D eigenvalue weighted by molar-refractivity contribution is 7.98. The standard InChI is InChI=1S/C12H17N3O3S.ClH/c1-19-11-5-4-9(8-10(11)15(17)18)12(16)14-7-3-2-6-13;/h4-5,8H,2-3,6-7,13H2,1H3,(H,14,16);1H. The molecule has 112 valence electrons. The van der Waals surface area contributed by atoms with Crippen molar-refractivity contribution in [1.82, 2.24) is 5.32 Å². The van der Waals surface area contributed by atoms with Crippen molar-refractivity contribution < 1.29 is 9.72 Å². The smallest absolute Gasteiger partial charge is 0.283 e. The topological polar surface area (TPSA) is 98.3 Å². The van der Waals surface area contributed by atoms with Gasteiger partial charge in [0.2, 0.25) is 0 Å². The van der Waals surface area contributed by atoms with E-state index in [9.17, 15) is 14.9 Å². The Morgan fingerprint density at radius 3 is 2.70 bits per heavy atom. The Balaban J connectivity index is 0.00000361. The number of carbonyl (C=O) groups excluding carboxylic acids is 1. The number of benzene rings is 1. The first-order valence-electron chi connectivity index (χ1n) is 5.91. The summed E-state index contributed by atoms with van der Waals surface area (Å²) in [5, 5.41) is 13.6. The van der Waals surface area contributed by atoms with E-state index >= 15 is 0 Å². The molecular formula is C12H18ClN3O3S. The van der Waals surface area contributed by atoms with Gasteiger partial charge in [-0.25, -0.2) is 0 Å². The summed E-state index contributed by atoms with van der Waals surface area (Å²) in [5.74, 6) is -0.298. The molecular weight excluding hydrogens is 302 g/mol. The summed E-state index contributed by atoms with van der Waals surface area (Å²) in [6, 6.07) is 4.50. The Kier molecular flexibility index (Phi) is 8.94. The van der Waals surface area contributed by atoms with E-state index in [2.05, 4.69) is 5.32 Å². The van der Waals surface area contributed by atoms with Gasteiger partial charge in [-0.3, -0.25) is 14.9 Å². The molecule has 0 saturated heterocycles. The number of nitrogens with zero attached hydrogens (tertiary/aromatic N) is 1. The van der Waals surface area contributed by atoms with Crippen molar-refractivity contribution in [3.05, 3.63) is 33.9 Å². The first-order chi connectivity index (χ1) is 9.10. The van der Waals surface area contributed by atoms with Crippen LogP contribution >= 0.6 is 24.2 Å². The highest BCUT2D eigenvalue weighted by Gasteiger charge is 2.16. The van der Waals surface area contributed by atoms with Crippen LogP contribution in [-0.2, 0) is 0 Å². The summed E-state index contributed by atoms with van der Waals surface area (Å²) in [6.07, 6.45) is 3.40. The first-order valence-corrected chi connectivity index (χ1v) is 7.13. The number of hydrogen-bond donors (Lipinski definition) is 2. The maximum Gasteiger partial charge on any atom is 0.283 e. The van der Waals surface area contributed by atoms with Crippen LogP contribution in [0.2, 0.25) is 0 Å². The minimum Gasteiger partial charge on any atom is -0.352 e. The fourth-order valence-electron chi connectivity index (χ4n) is 1.55. The monoisotopic (exact) mass is 319 g/mol. The summed E-state index contributed by atoms with van der Waals surface area (Å²) in [4.78, 5) is 22.8. The number of halogens is 1. The number of rotatable bonds is 7. The van der Waals surface area contributed by atoms with Crippen molar-refractivity contribution in [2.24, 2.45) is 5.73 Å². The molecule has 0 heterocycles. The van der Waals surface area contributed by atoms with Crippen molar-refractivity contribution in [2.45, 2.75) is 17.7 Å². The van der Waals surface area contributed by atoms with Gasteiger partial charge in [-0.2, -0.15) is 0 Å². The van der Waals surface area contributed by atoms with Crippen LogP contribution in [0.1, 0.15) is 23.2 Å². The maximum atomic E-state index is 11.8. The van der Waals surface area contributed by atoms with E-state index < -0.39 is 4.92 Å². The van der Waals surface area contributed by atoms with Gasteiger partial charge in [-0.1, -0.05) is 0 Å². The van der Waals surface area contributed by atoms with Gasteiger partial charge in [0.25, 0.3) is 11.6 Å². The van der Waals surface area contributed by atoms with Crippen molar-refractivity contribution in [2.75, 3.05) is 19.3 Å². The average molecular weight is 320 g/mol. The highest BCUT2D eigenvalue weighted by Crippen LogP contribution is 2.28. The largest absolute Gasteiger partial charge is 0.352 e. The van der Waals surface area contributed by atoms with Crippen LogP contribution in [0, 0.1) is 10.1 Å². The molecule has 0 aliphatic heterocycles. The van der Waals surface area contributed by atoms with E-state index in [4.69, 9.17) is 5.73 Å². The molecule has 0 aliphatic rings. The van der Waals surface area contributed by atoms with Crippen molar-refractivity contribution >= 4 is 35.8 Å². The zero-order valence-corrected chi connectivity index (χ0v) is 12.8. The minimum atomic E-state index is -0.475. The molecule has 0 saturated carbocycles. The molecule has 0 aromatic heterocycles. The molecule has 0 radical (unpaired) electrons. The summed E-state index contributed by atoms with van der Waals surface area (Å²) >= 11 is 1.28. The first kappa shape index (κ1) is 18.7. The second-order valence-corrected chi connectivity index (χ2v) is 4.74. The van der Waals surface area contributed by atoms with Crippen molar-refractivity contribution in [1.29, 1.82) is 0 Å². The van der Waals surface area contributed by atoms with Crippen molar-refractivity contribution in [3.63, 3.8) is 0 Å². The second-order valence-electron chi connectivity index (χ2n) is 3.90. The molecule has 6 nitrogen and oxygen atoms in total. The van der Waals surface area contributed by atoms with E-state index in [0.29, 0.717) is 23.5 Å². The lowest BCUT2D eigenvalue weighted by Crippen LogP contribution is -2.24. The lowest BCUT2D eigenvalue weighted by atomic mass is 10.2. The number of nitro groups is 1. The number of amides is 1. The Morgan fingerprint density at radius 2 is 2.15 bits per heavy atom. The fraction of sp³-hybridized carbons (Fsp3) is 0.417. The number of carbonyl (C=O) groups is 1. The Hall–Kier alpha value is -1.31. The van der Waals surface area contributed by atoms with Crippen LogP contribution in [0.3, 0.4) is 0 Å². The molecule has 1 amide bonds. The number of unbranched alkanes of at least 4 members (excludes halogenated alkanes) is 1. The zero-order chi connectivity index (χ0) is 14.3. The molecule has 20 heavy (non-hydrogen) atoms. The van der Waals surface area contributed by atoms with Gasteiger partial charge in [0.15, 0.2) is 0 Å². The molecule has 0 spiro atoms. The normalized spacial score (nSPS) is 9.70. The van der Waals surface area contributed by atoms with Crippen LogP contribution in [0.15, 0.2) is 23.1 Å². The third-order valence-electron chi connectivity index (χ3n) is 2.55. The molecule has 8 heteroatoms. The van der Waals surface area contributed by atoms with Crippen LogP contribution in [0.25, 0.3) is 0 Å². The van der Waals surface area contributed by atoms with Gasteiger partial charge >= 0.3 is 0 Å². The lowest BCUT2D eigenvalue weighted by molar-refractivity contribution is -0.387. The Morgan fingerprint density at radius 1 is 1.45 bits per heavy atom. The van der Waals surface area contributed by atoms with E-state index in [0.717, 1.165) is 12.8 Å². The van der Waals surface area contributed by atoms with Crippen LogP contribution in [0.5, 0.6) is 0 Å². The molecule has 0 unspecified atom stereocenters. The number of thioether (sulfide) groups is 1. The second kappa shape index (κ2) is 9.57. The molecule has 1 rings (SSSR count). The molecule has 3 N–H and O–H groups in total. The maximum absolute atomic E-state index is 11.8. The molecule has 1 aromatic carbocycles.